The third-order valence-electron chi connectivity index (χ3n) is 9.92. The second-order valence-electron chi connectivity index (χ2n) is 16.3. The first-order chi connectivity index (χ1) is 27.0. The molecule has 0 radical (unpaired) electrons. The van der Waals surface area contributed by atoms with E-state index in [-0.39, 0.29) is 42.1 Å². The van der Waals surface area contributed by atoms with E-state index in [1.807, 2.05) is 32.9 Å². The Hall–Kier alpha value is -4.77. The number of aliphatic imine (C=N–C) groups is 2. The van der Waals surface area contributed by atoms with Crippen molar-refractivity contribution in [2.75, 3.05) is 64.4 Å². The molecule has 2 fully saturated rings. The van der Waals surface area contributed by atoms with Gasteiger partial charge in [0.15, 0.2) is 0 Å². The molecule has 17 heteroatoms. The van der Waals surface area contributed by atoms with Crippen LogP contribution in [0, 0.1) is 5.41 Å². The second kappa shape index (κ2) is 17.8. The number of likely N-dealkylation sites (tertiary alicyclic amines) is 1. The van der Waals surface area contributed by atoms with Gasteiger partial charge in [0.05, 0.1) is 25.3 Å². The normalized spacial score (nSPS) is 21.8. The number of guanidine groups is 2. The molecule has 6 bridgehead atoms. The zero-order chi connectivity index (χ0) is 40.7. The maximum atomic E-state index is 13.8. The summed E-state index contributed by atoms with van der Waals surface area (Å²) < 4.78 is 62.9. The van der Waals surface area contributed by atoms with Gasteiger partial charge in [-0.2, -0.15) is 18.2 Å². The molecule has 2 aromatic carbocycles. The van der Waals surface area contributed by atoms with Gasteiger partial charge in [0.1, 0.15) is 23.7 Å². The minimum atomic E-state index is -4.60. The minimum Gasteiger partial charge on any atom is -0.494 e. The van der Waals surface area contributed by atoms with Crippen molar-refractivity contribution in [3.05, 3.63) is 53.6 Å². The summed E-state index contributed by atoms with van der Waals surface area (Å²) in [5, 5.41) is 12.1. The molecule has 2 amide bonds. The first-order valence-electron chi connectivity index (χ1n) is 19.7. The number of benzene rings is 2. The van der Waals surface area contributed by atoms with Crippen molar-refractivity contribution in [2.45, 2.75) is 90.4 Å². The third-order valence-corrected chi connectivity index (χ3v) is 9.92. The third kappa shape index (κ3) is 12.9. The van der Waals surface area contributed by atoms with Crippen LogP contribution in [0.3, 0.4) is 0 Å². The summed E-state index contributed by atoms with van der Waals surface area (Å²) in [6.07, 6.45) is 0.448. The van der Waals surface area contributed by atoms with E-state index in [4.69, 9.17) is 18.9 Å². The van der Waals surface area contributed by atoms with Crippen LogP contribution in [-0.2, 0) is 16.0 Å². The Labute approximate surface area is 331 Å². The minimum absolute atomic E-state index is 0.0526. The number of anilines is 1. The van der Waals surface area contributed by atoms with E-state index in [9.17, 15) is 22.8 Å². The average molecular weight is 801 g/mol. The Balaban J connectivity index is 1.26. The molecule has 1 saturated heterocycles. The predicted octanol–water partition coefficient (Wildman–Crippen LogP) is 5.85. The van der Waals surface area contributed by atoms with E-state index in [2.05, 4.69) is 36.2 Å². The van der Waals surface area contributed by atoms with Gasteiger partial charge in [-0.3, -0.25) is 10.1 Å². The van der Waals surface area contributed by atoms with E-state index >= 15 is 0 Å². The molecule has 4 heterocycles. The summed E-state index contributed by atoms with van der Waals surface area (Å²) in [7, 11) is 0. The van der Waals surface area contributed by atoms with Gasteiger partial charge < -0.3 is 44.7 Å². The number of alkyl halides is 3. The Morgan fingerprint density at radius 3 is 2.28 bits per heavy atom. The van der Waals surface area contributed by atoms with Crippen LogP contribution in [-0.4, -0.2) is 110 Å². The van der Waals surface area contributed by atoms with Crippen LogP contribution in [0.2, 0.25) is 0 Å². The molecule has 0 aromatic heterocycles. The van der Waals surface area contributed by atoms with Gasteiger partial charge in [-0.05, 0) is 102 Å². The maximum absolute atomic E-state index is 13.8. The molecule has 1 atom stereocenters. The fourth-order valence-corrected chi connectivity index (χ4v) is 6.82. The van der Waals surface area contributed by atoms with Gasteiger partial charge in [0.2, 0.25) is 17.8 Å². The zero-order valence-corrected chi connectivity index (χ0v) is 33.2. The van der Waals surface area contributed by atoms with Gasteiger partial charge in [-0.25, -0.2) is 9.79 Å². The van der Waals surface area contributed by atoms with Crippen LogP contribution in [0.25, 0.3) is 0 Å². The second-order valence-corrected chi connectivity index (χ2v) is 16.3. The van der Waals surface area contributed by atoms with Crippen LogP contribution in [0.1, 0.15) is 82.1 Å². The Morgan fingerprint density at radius 1 is 0.912 bits per heavy atom. The molecule has 7 rings (SSSR count). The smallest absolute Gasteiger partial charge is 0.411 e. The molecule has 2 aromatic rings. The summed E-state index contributed by atoms with van der Waals surface area (Å²) in [6, 6.07) is 12.2. The van der Waals surface area contributed by atoms with Gasteiger partial charge in [0.25, 0.3) is 5.91 Å². The van der Waals surface area contributed by atoms with Crippen molar-refractivity contribution in [2.24, 2.45) is 15.4 Å². The molecule has 4 N–H and O–H groups in total. The molecule has 1 saturated carbocycles. The number of nitrogens with zero attached hydrogens (tertiary/aromatic N) is 4. The van der Waals surface area contributed by atoms with Crippen LogP contribution in [0.5, 0.6) is 11.5 Å². The average Bonchev–Trinajstić information content (AvgIpc) is 3.71. The molecular weight excluding hydrogens is 745 g/mol. The number of carbonyl (C=O) groups is 2. The standard InChI is InChI=1S/C40H55F3N8O6/c1-37(2,3)57-36(53)51-19-7-21-54-30-12-9-28(10-13-30)24-44-34-47-35(49-38(4,48-34)56-27-40(41,42)43)46-29-11-14-31(32(23-29)55-22-8-20-51)33(52)45-25-39(15-16-39)26-50-17-5-6-18-50/h9-14,23H,5-8,15-22,24-27H2,1-4H3,(H,45,52)(H3,44,46,47,48,49). The lowest BCUT2D eigenvalue weighted by Gasteiger charge is -2.34. The number of fused-ring (bicyclic) bond motifs is 11. The number of nitrogens with one attached hydrogen (secondary N) is 4. The molecule has 14 nitrogen and oxygen atoms in total. The first-order valence-corrected chi connectivity index (χ1v) is 19.7. The van der Waals surface area contributed by atoms with E-state index in [0.717, 1.165) is 38.0 Å². The number of halogens is 3. The molecule has 1 aliphatic carbocycles. The van der Waals surface area contributed by atoms with Crippen molar-refractivity contribution < 1.29 is 41.7 Å². The van der Waals surface area contributed by atoms with Gasteiger partial charge in [0, 0.05) is 50.3 Å². The summed E-state index contributed by atoms with van der Waals surface area (Å²) in [5.74, 6) is -1.02. The molecular formula is C40H55F3N8O6. The van der Waals surface area contributed by atoms with E-state index < -0.39 is 30.3 Å². The summed E-state index contributed by atoms with van der Waals surface area (Å²) >= 11 is 0. The molecule has 5 aliphatic rings. The van der Waals surface area contributed by atoms with Crippen LogP contribution in [0.4, 0.5) is 23.7 Å². The monoisotopic (exact) mass is 800 g/mol. The van der Waals surface area contributed by atoms with Crippen molar-refractivity contribution in [1.82, 2.24) is 25.8 Å². The number of rotatable bonds is 7. The van der Waals surface area contributed by atoms with Crippen LogP contribution >= 0.6 is 0 Å². The lowest BCUT2D eigenvalue weighted by molar-refractivity contribution is -0.204. The highest BCUT2D eigenvalue weighted by atomic mass is 19.4. The maximum Gasteiger partial charge on any atom is 0.411 e. The fraction of sp³-hybridized carbons (Fsp3) is 0.600. The topological polar surface area (TPSA) is 150 Å². The quantitative estimate of drug-likeness (QED) is 0.269. The van der Waals surface area contributed by atoms with Gasteiger partial charge in [-0.15, -0.1) is 0 Å². The number of amides is 2. The molecule has 0 spiro atoms. The van der Waals surface area contributed by atoms with Crippen LogP contribution in [0.15, 0.2) is 52.4 Å². The summed E-state index contributed by atoms with van der Waals surface area (Å²) in [6.45, 7) is 10.4. The number of hydrogen-bond donors (Lipinski definition) is 4. The lowest BCUT2D eigenvalue weighted by Crippen LogP contribution is -2.60. The van der Waals surface area contributed by atoms with E-state index in [1.54, 1.807) is 35.2 Å². The number of hydrogen-bond acceptors (Lipinski definition) is 12. The molecule has 57 heavy (non-hydrogen) atoms. The van der Waals surface area contributed by atoms with E-state index in [0.29, 0.717) is 56.1 Å². The Kier molecular flexibility index (Phi) is 13.1. The van der Waals surface area contributed by atoms with Crippen molar-refractivity contribution in [3.8, 4) is 11.5 Å². The highest BCUT2D eigenvalue weighted by Gasteiger charge is 2.44. The molecule has 1 unspecified atom stereocenters. The summed E-state index contributed by atoms with van der Waals surface area (Å²) in [5.41, 5.74) is 0.953. The van der Waals surface area contributed by atoms with Crippen molar-refractivity contribution in [3.63, 3.8) is 0 Å². The first kappa shape index (κ1) is 41.9. The highest BCUT2D eigenvalue weighted by Crippen LogP contribution is 2.46. The van der Waals surface area contributed by atoms with E-state index in [1.165, 1.54) is 19.8 Å². The fourth-order valence-electron chi connectivity index (χ4n) is 6.82. The number of carbonyl (C=O) groups excluding carboxylic acids is 2. The van der Waals surface area contributed by atoms with Gasteiger partial charge in [-0.1, -0.05) is 12.1 Å². The van der Waals surface area contributed by atoms with Crippen molar-refractivity contribution in [1.29, 1.82) is 0 Å². The SMILES string of the molecule is CC(C)(C)OC(=O)N1CCCOc2ccc(cc2)CN=C2NC(=NC(C)(OCC(F)(F)F)N2)Nc2ccc(C(=O)NCC3(CN4CCCC4)CC3)c(c2)OCCC1. The van der Waals surface area contributed by atoms with Crippen molar-refractivity contribution >= 4 is 29.6 Å². The zero-order valence-electron chi connectivity index (χ0n) is 33.2. The Morgan fingerprint density at radius 2 is 1.61 bits per heavy atom. The summed E-state index contributed by atoms with van der Waals surface area (Å²) in [4.78, 5) is 40.0. The molecule has 4 aliphatic heterocycles. The van der Waals surface area contributed by atoms with Crippen LogP contribution < -0.4 is 30.7 Å². The molecule has 312 valence electrons. The number of ether oxygens (including phenoxy) is 4. The largest absolute Gasteiger partial charge is 0.494 e. The lowest BCUT2D eigenvalue weighted by atomic mass is 10.1. The predicted molar refractivity (Wildman–Crippen MR) is 209 cm³/mol. The Bertz CT molecular complexity index is 1770. The van der Waals surface area contributed by atoms with Gasteiger partial charge >= 0.3 is 12.3 Å². The highest BCUT2D eigenvalue weighted by molar-refractivity contribution is 6.07.